The number of halogens is 6. The molecule has 0 spiro atoms. The summed E-state index contributed by atoms with van der Waals surface area (Å²) in [7, 11) is 0. The van der Waals surface area contributed by atoms with Crippen LogP contribution in [0.5, 0.6) is 5.75 Å². The van der Waals surface area contributed by atoms with Crippen molar-refractivity contribution in [3.05, 3.63) is 96.6 Å². The van der Waals surface area contributed by atoms with Gasteiger partial charge in [0.05, 0.1) is 41.2 Å². The van der Waals surface area contributed by atoms with E-state index in [1.807, 2.05) is 9.80 Å². The Hall–Kier alpha value is -7.80. The van der Waals surface area contributed by atoms with Crippen molar-refractivity contribution in [3.63, 3.8) is 0 Å². The van der Waals surface area contributed by atoms with Crippen molar-refractivity contribution in [2.24, 2.45) is 11.5 Å². The molecule has 0 bridgehead atoms. The van der Waals surface area contributed by atoms with Crippen molar-refractivity contribution >= 4 is 52.1 Å². The molecule has 6 aromatic heterocycles. The van der Waals surface area contributed by atoms with Gasteiger partial charge in [-0.25, -0.2) is 29.9 Å². The largest absolute Gasteiger partial charge is 0.573 e. The second kappa shape index (κ2) is 19.0. The molecule has 25 heteroatoms. The number of anilines is 7. The summed E-state index contributed by atoms with van der Waals surface area (Å²) in [6.07, 6.45) is -0.613. The molecule has 2 aliphatic heterocycles. The van der Waals surface area contributed by atoms with Crippen molar-refractivity contribution < 1.29 is 40.7 Å². The summed E-state index contributed by atoms with van der Waals surface area (Å²) in [5, 5.41) is 7.93. The highest BCUT2D eigenvalue weighted by atomic mass is 19.4. The molecule has 348 valence electrons. The predicted octanol–water partition coefficient (Wildman–Crippen LogP) is 5.78. The van der Waals surface area contributed by atoms with E-state index in [0.717, 1.165) is 30.9 Å². The molecule has 0 atom stereocenters. The van der Waals surface area contributed by atoms with Gasteiger partial charge in [0, 0.05) is 56.9 Å². The van der Waals surface area contributed by atoms with E-state index in [-0.39, 0.29) is 40.9 Å². The lowest BCUT2D eigenvalue weighted by atomic mass is 10.1. The van der Waals surface area contributed by atoms with Crippen molar-refractivity contribution in [2.75, 3.05) is 57.7 Å². The van der Waals surface area contributed by atoms with Gasteiger partial charge in [0.15, 0.2) is 40.4 Å². The zero-order valence-electron chi connectivity index (χ0n) is 35.0. The first kappa shape index (κ1) is 45.8. The first-order chi connectivity index (χ1) is 32.0. The molecular formula is C42H40F6N16O3. The summed E-state index contributed by atoms with van der Waals surface area (Å²) >= 11 is 0. The molecule has 0 saturated carbocycles. The van der Waals surface area contributed by atoms with E-state index in [4.69, 9.17) is 17.2 Å². The average molecular weight is 931 g/mol. The summed E-state index contributed by atoms with van der Waals surface area (Å²) in [6.45, 7) is 2.29. The number of pyridine rings is 4. The third-order valence-electron chi connectivity index (χ3n) is 10.7. The van der Waals surface area contributed by atoms with Crippen molar-refractivity contribution in [2.45, 2.75) is 50.3 Å². The molecule has 2 fully saturated rings. The summed E-state index contributed by atoms with van der Waals surface area (Å²) in [5.41, 5.74) is 14.5. The Labute approximate surface area is 376 Å². The highest BCUT2D eigenvalue weighted by Gasteiger charge is 2.37. The van der Waals surface area contributed by atoms with Gasteiger partial charge in [0.25, 0.3) is 11.8 Å². The van der Waals surface area contributed by atoms with Crippen LogP contribution in [0.15, 0.2) is 79.6 Å². The van der Waals surface area contributed by atoms with Crippen LogP contribution in [0.25, 0.3) is 22.8 Å². The Bertz CT molecular complexity index is 2780. The van der Waals surface area contributed by atoms with E-state index in [1.54, 1.807) is 24.3 Å². The molecule has 6 aromatic rings. The standard InChI is InChI=1S/C42H40F6N16O3/c43-41(44,45)25-18-24(19-55-31(25)26-20-56-35(51)33(59-26)39(65)61-36-28(4-1-12-53-36)63-14-7-22(49)8-15-63)58-38-34(60-27(21-57-38)32-30(6-3-11-52-32)67-42(46,47)48)40(66)62-37-29(5-2-13-54-37)64-16-9-23(50)10-17-64/h1-6,11-13,18-23H,7-10,14-17,49-50H2,(H2,51,56)(H,57,58)(H,53,61,65)(H,54,62,66). The van der Waals surface area contributed by atoms with Crippen LogP contribution in [0, 0.1) is 0 Å². The Balaban J connectivity index is 1.12. The molecule has 0 unspecified atom stereocenters. The van der Waals surface area contributed by atoms with Crippen LogP contribution in [-0.2, 0) is 6.18 Å². The molecule has 9 N–H and O–H groups in total. The Kier molecular flexibility index (Phi) is 13.0. The second-order valence-corrected chi connectivity index (χ2v) is 15.4. The monoisotopic (exact) mass is 930 g/mol. The van der Waals surface area contributed by atoms with Gasteiger partial charge in [-0.15, -0.1) is 13.2 Å². The third-order valence-corrected chi connectivity index (χ3v) is 10.7. The van der Waals surface area contributed by atoms with Gasteiger partial charge in [0.2, 0.25) is 0 Å². The number of nitrogens with two attached hydrogens (primary N) is 3. The maximum atomic E-state index is 14.9. The number of rotatable bonds is 11. The minimum absolute atomic E-state index is 0.0165. The molecule has 0 radical (unpaired) electrons. The highest BCUT2D eigenvalue weighted by Crippen LogP contribution is 2.39. The van der Waals surface area contributed by atoms with E-state index in [9.17, 15) is 35.9 Å². The van der Waals surface area contributed by atoms with E-state index in [0.29, 0.717) is 69.3 Å². The third kappa shape index (κ3) is 10.7. The van der Waals surface area contributed by atoms with Gasteiger partial charge in [-0.1, -0.05) is 0 Å². The van der Waals surface area contributed by atoms with Crippen molar-refractivity contribution in [1.29, 1.82) is 0 Å². The zero-order chi connectivity index (χ0) is 47.5. The predicted molar refractivity (Wildman–Crippen MR) is 233 cm³/mol. The first-order valence-corrected chi connectivity index (χ1v) is 20.6. The van der Waals surface area contributed by atoms with E-state index in [1.165, 1.54) is 18.5 Å². The maximum Gasteiger partial charge on any atom is 0.573 e. The van der Waals surface area contributed by atoms with E-state index >= 15 is 0 Å². The number of carbonyl (C=O) groups excluding carboxylic acids is 2. The van der Waals surface area contributed by atoms with Gasteiger partial charge in [-0.05, 0) is 68.1 Å². The Morgan fingerprint density at radius 2 is 1.16 bits per heavy atom. The SMILES string of the molecule is Nc1ncc(-c2ncc(Nc3ncc(-c4ncccc4OC(F)(F)F)nc3C(=O)Nc3ncccc3N3CCC(N)CC3)cc2C(F)(F)F)nc1C(=O)Nc1ncccc1N1CCC(N)CC1. The van der Waals surface area contributed by atoms with Crippen molar-refractivity contribution in [3.8, 4) is 28.5 Å². The molecule has 0 aliphatic carbocycles. The number of hydrogen-bond donors (Lipinski definition) is 6. The topological polar surface area (TPSA) is 267 Å². The van der Waals surface area contributed by atoms with Crippen LogP contribution in [0.1, 0.15) is 52.2 Å². The minimum Gasteiger partial charge on any atom is -0.403 e. The summed E-state index contributed by atoms with van der Waals surface area (Å²) < 4.78 is 89.1. The molecular weight excluding hydrogens is 891 g/mol. The lowest BCUT2D eigenvalue weighted by molar-refractivity contribution is -0.274. The normalized spacial score (nSPS) is 15.0. The van der Waals surface area contributed by atoms with Gasteiger partial charge >= 0.3 is 12.5 Å². The van der Waals surface area contributed by atoms with Crippen LogP contribution in [-0.4, -0.2) is 96.3 Å². The molecule has 0 aromatic carbocycles. The number of nitrogens with one attached hydrogen (secondary N) is 3. The molecule has 8 rings (SSSR count). The van der Waals surface area contributed by atoms with Gasteiger partial charge in [-0.2, -0.15) is 13.2 Å². The lowest BCUT2D eigenvalue weighted by Crippen LogP contribution is -2.40. The first-order valence-electron chi connectivity index (χ1n) is 20.6. The van der Waals surface area contributed by atoms with Gasteiger partial charge in [-0.3, -0.25) is 19.6 Å². The molecule has 8 heterocycles. The van der Waals surface area contributed by atoms with Crippen LogP contribution in [0.2, 0.25) is 0 Å². The number of nitrogen functional groups attached to an aromatic ring is 1. The van der Waals surface area contributed by atoms with Crippen LogP contribution >= 0.6 is 0 Å². The van der Waals surface area contributed by atoms with Crippen molar-refractivity contribution in [1.82, 2.24) is 39.9 Å². The van der Waals surface area contributed by atoms with E-state index < -0.39 is 70.0 Å². The number of hydrogen-bond acceptors (Lipinski definition) is 17. The number of alkyl halides is 6. The number of ether oxygens (including phenoxy) is 1. The molecule has 2 amide bonds. The fourth-order valence-corrected chi connectivity index (χ4v) is 7.42. The van der Waals surface area contributed by atoms with Gasteiger partial charge < -0.3 is 47.7 Å². The smallest absolute Gasteiger partial charge is 0.403 e. The summed E-state index contributed by atoms with van der Waals surface area (Å²) in [4.78, 5) is 64.9. The van der Waals surface area contributed by atoms with Gasteiger partial charge in [0.1, 0.15) is 22.8 Å². The van der Waals surface area contributed by atoms with Crippen LogP contribution < -0.4 is 47.7 Å². The maximum absolute atomic E-state index is 14.9. The number of aromatic nitrogens is 8. The van der Waals surface area contributed by atoms with Crippen LogP contribution in [0.3, 0.4) is 0 Å². The fraction of sp³-hybridized carbons (Fsp3) is 0.286. The summed E-state index contributed by atoms with van der Waals surface area (Å²) in [6, 6.07) is 9.63. The molecule has 67 heavy (non-hydrogen) atoms. The van der Waals surface area contributed by atoms with E-state index in [2.05, 4.69) is 60.6 Å². The highest BCUT2D eigenvalue weighted by molar-refractivity contribution is 6.08. The zero-order valence-corrected chi connectivity index (χ0v) is 35.0. The Morgan fingerprint density at radius 3 is 1.75 bits per heavy atom. The second-order valence-electron chi connectivity index (χ2n) is 15.4. The number of nitrogens with zero attached hydrogens (tertiary/aromatic N) is 10. The number of piperidine rings is 2. The summed E-state index contributed by atoms with van der Waals surface area (Å²) in [5.74, 6) is -3.25. The molecule has 19 nitrogen and oxygen atoms in total. The lowest BCUT2D eigenvalue weighted by Gasteiger charge is -2.32. The number of amides is 2. The minimum atomic E-state index is -5.13. The molecule has 2 saturated heterocycles. The average Bonchev–Trinajstić information content (AvgIpc) is 3.30. The number of carbonyl (C=O) groups is 2. The molecule has 2 aliphatic rings. The quantitative estimate of drug-likeness (QED) is 0.0840. The van der Waals surface area contributed by atoms with Crippen LogP contribution in [0.4, 0.5) is 66.7 Å². The Morgan fingerprint density at radius 1 is 0.642 bits per heavy atom. The fourth-order valence-electron chi connectivity index (χ4n) is 7.42.